The topological polar surface area (TPSA) is 104 Å². The van der Waals surface area contributed by atoms with Crippen LogP contribution in [0.2, 0.25) is 10.0 Å². The van der Waals surface area contributed by atoms with Crippen LogP contribution in [0.3, 0.4) is 0 Å². The molecule has 1 aromatic carbocycles. The highest BCUT2D eigenvalue weighted by molar-refractivity contribution is 6.42. The van der Waals surface area contributed by atoms with Crippen LogP contribution in [-0.4, -0.2) is 14.9 Å². The lowest BCUT2D eigenvalue weighted by Gasteiger charge is -2.08. The maximum absolute atomic E-state index is 11.0. The van der Waals surface area contributed by atoms with Crippen LogP contribution in [-0.2, 0) is 6.42 Å². The zero-order valence-corrected chi connectivity index (χ0v) is 12.4. The maximum atomic E-state index is 11.0. The number of rotatable bonds is 4. The van der Waals surface area contributed by atoms with Crippen molar-refractivity contribution in [2.24, 2.45) is 0 Å². The summed E-state index contributed by atoms with van der Waals surface area (Å²) in [5, 5.41) is 11.2. The van der Waals surface area contributed by atoms with Gasteiger partial charge in [0.2, 0.25) is 11.6 Å². The summed E-state index contributed by atoms with van der Waals surface area (Å²) in [5.41, 5.74) is 5.31. The number of benzene rings is 1. The number of nitro benzene ring substituents is 1. The molecule has 1 heterocycles. The fourth-order valence-corrected chi connectivity index (χ4v) is 1.87. The minimum Gasteiger partial charge on any atom is -0.432 e. The molecule has 0 aliphatic rings. The van der Waals surface area contributed by atoms with Gasteiger partial charge in [0.15, 0.2) is 0 Å². The number of aromatic nitrogens is 2. The van der Waals surface area contributed by atoms with E-state index < -0.39 is 4.92 Å². The first-order valence-electron chi connectivity index (χ1n) is 5.85. The van der Waals surface area contributed by atoms with E-state index in [4.69, 9.17) is 33.7 Å². The summed E-state index contributed by atoms with van der Waals surface area (Å²) in [6.07, 6.45) is 0.546. The minimum atomic E-state index is -0.622. The molecule has 110 valence electrons. The molecule has 0 bridgehead atoms. The van der Waals surface area contributed by atoms with Crippen LogP contribution in [0.25, 0.3) is 0 Å². The van der Waals surface area contributed by atoms with Gasteiger partial charge in [-0.05, 0) is 0 Å². The minimum absolute atomic E-state index is 0.0622. The highest BCUT2D eigenvalue weighted by Gasteiger charge is 2.20. The van der Waals surface area contributed by atoms with Crippen LogP contribution in [0.5, 0.6) is 11.6 Å². The van der Waals surface area contributed by atoms with E-state index in [1.165, 1.54) is 12.1 Å². The third-order valence-corrected chi connectivity index (χ3v) is 3.22. The predicted molar refractivity (Wildman–Crippen MR) is 79.0 cm³/mol. The zero-order valence-electron chi connectivity index (χ0n) is 10.8. The largest absolute Gasteiger partial charge is 0.432 e. The van der Waals surface area contributed by atoms with Gasteiger partial charge < -0.3 is 10.5 Å². The van der Waals surface area contributed by atoms with Gasteiger partial charge in [-0.3, -0.25) is 10.1 Å². The molecule has 9 heteroatoms. The Kier molecular flexibility index (Phi) is 4.44. The molecule has 0 aliphatic carbocycles. The molecule has 2 rings (SSSR count). The summed E-state index contributed by atoms with van der Waals surface area (Å²) in [4.78, 5) is 18.5. The van der Waals surface area contributed by atoms with Crippen molar-refractivity contribution in [3.63, 3.8) is 0 Å². The van der Waals surface area contributed by atoms with Crippen molar-refractivity contribution < 1.29 is 9.66 Å². The van der Waals surface area contributed by atoms with E-state index in [0.29, 0.717) is 12.2 Å². The van der Waals surface area contributed by atoms with E-state index in [-0.39, 0.29) is 33.2 Å². The van der Waals surface area contributed by atoms with Gasteiger partial charge in [0.05, 0.1) is 15.0 Å². The van der Waals surface area contributed by atoms with E-state index in [1.807, 2.05) is 6.92 Å². The molecule has 0 saturated carbocycles. The number of halogens is 2. The summed E-state index contributed by atoms with van der Waals surface area (Å²) in [5.74, 6) is 0.697. The average Bonchev–Trinajstić information content (AvgIpc) is 2.41. The lowest BCUT2D eigenvalue weighted by atomic mass is 10.3. The number of nitrogen functional groups attached to an aromatic ring is 1. The normalized spacial score (nSPS) is 10.4. The lowest BCUT2D eigenvalue weighted by molar-refractivity contribution is -0.385. The Bertz CT molecular complexity index is 709. The lowest BCUT2D eigenvalue weighted by Crippen LogP contribution is -2.01. The molecule has 2 N–H and O–H groups in total. The molecule has 0 unspecified atom stereocenters. The van der Waals surface area contributed by atoms with Crippen molar-refractivity contribution >= 4 is 34.7 Å². The number of aryl methyl sites for hydroxylation is 1. The van der Waals surface area contributed by atoms with Crippen LogP contribution >= 0.6 is 23.2 Å². The Morgan fingerprint density at radius 1 is 1.29 bits per heavy atom. The monoisotopic (exact) mass is 328 g/mol. The second-order valence-electron chi connectivity index (χ2n) is 3.99. The van der Waals surface area contributed by atoms with Gasteiger partial charge in [0, 0.05) is 24.6 Å². The summed E-state index contributed by atoms with van der Waals surface area (Å²) in [7, 11) is 0. The third-order valence-electron chi connectivity index (χ3n) is 2.50. The molecule has 1 aromatic heterocycles. The molecular weight excluding hydrogens is 319 g/mol. The zero-order chi connectivity index (χ0) is 15.6. The number of nitro groups is 1. The van der Waals surface area contributed by atoms with Crippen molar-refractivity contribution in [1.82, 2.24) is 9.97 Å². The summed E-state index contributed by atoms with van der Waals surface area (Å²) in [6.45, 7) is 1.85. The van der Waals surface area contributed by atoms with E-state index in [1.54, 1.807) is 0 Å². The molecule has 21 heavy (non-hydrogen) atoms. The first-order chi connectivity index (χ1) is 9.90. The Balaban J connectivity index is 2.46. The first-order valence-corrected chi connectivity index (χ1v) is 6.61. The molecule has 0 spiro atoms. The third kappa shape index (κ3) is 3.50. The second-order valence-corrected chi connectivity index (χ2v) is 4.81. The number of nitrogens with two attached hydrogens (primary N) is 1. The van der Waals surface area contributed by atoms with Crippen LogP contribution in [0.1, 0.15) is 12.7 Å². The van der Waals surface area contributed by atoms with Crippen molar-refractivity contribution in [2.45, 2.75) is 13.3 Å². The van der Waals surface area contributed by atoms with E-state index in [0.717, 1.165) is 6.07 Å². The Morgan fingerprint density at radius 3 is 2.57 bits per heavy atom. The number of hydrogen-bond acceptors (Lipinski definition) is 6. The molecule has 7 nitrogen and oxygen atoms in total. The molecule has 2 aromatic rings. The molecule has 0 fully saturated rings. The first kappa shape index (κ1) is 15.3. The number of ether oxygens (including phenoxy) is 1. The van der Waals surface area contributed by atoms with Gasteiger partial charge in [-0.1, -0.05) is 30.1 Å². The second kappa shape index (κ2) is 6.11. The van der Waals surface area contributed by atoms with Crippen molar-refractivity contribution in [3.8, 4) is 11.6 Å². The van der Waals surface area contributed by atoms with Gasteiger partial charge in [0.25, 0.3) is 0 Å². The number of hydrogen-bond donors (Lipinski definition) is 1. The fourth-order valence-electron chi connectivity index (χ4n) is 1.56. The predicted octanol–water partition coefficient (Wildman–Crippen LogP) is 3.63. The van der Waals surface area contributed by atoms with E-state index in [9.17, 15) is 10.1 Å². The van der Waals surface area contributed by atoms with Crippen molar-refractivity contribution in [1.29, 1.82) is 0 Å². The van der Waals surface area contributed by atoms with Gasteiger partial charge in [-0.2, -0.15) is 4.98 Å². The summed E-state index contributed by atoms with van der Waals surface area (Å²) >= 11 is 11.6. The SMILES string of the molecule is CCc1nc(N)cc(Oc2cc(Cl)c(Cl)cc2[N+](=O)[O-])n1. The number of nitrogens with zero attached hydrogens (tertiary/aromatic N) is 3. The maximum Gasteiger partial charge on any atom is 0.313 e. The van der Waals surface area contributed by atoms with Gasteiger partial charge in [0.1, 0.15) is 11.6 Å². The average molecular weight is 329 g/mol. The summed E-state index contributed by atoms with van der Waals surface area (Å²) in [6, 6.07) is 3.74. The molecule has 0 aliphatic heterocycles. The van der Waals surface area contributed by atoms with Gasteiger partial charge in [-0.25, -0.2) is 4.98 Å². The number of anilines is 1. The van der Waals surface area contributed by atoms with Crippen LogP contribution in [0.15, 0.2) is 18.2 Å². The van der Waals surface area contributed by atoms with Crippen molar-refractivity contribution in [2.75, 3.05) is 5.73 Å². The molecular formula is C12H10Cl2N4O3. The molecule has 0 amide bonds. The quantitative estimate of drug-likeness (QED) is 0.678. The smallest absolute Gasteiger partial charge is 0.313 e. The standard InChI is InChI=1S/C12H10Cl2N4O3/c1-2-11-16-10(15)5-12(17-11)21-9-4-7(14)6(13)3-8(9)18(19)20/h3-5H,2H2,1H3,(H2,15,16,17). The van der Waals surface area contributed by atoms with Gasteiger partial charge >= 0.3 is 5.69 Å². The highest BCUT2D eigenvalue weighted by atomic mass is 35.5. The Hall–Kier alpha value is -2.12. The fraction of sp³-hybridized carbons (Fsp3) is 0.167. The van der Waals surface area contributed by atoms with E-state index in [2.05, 4.69) is 9.97 Å². The molecule has 0 saturated heterocycles. The highest BCUT2D eigenvalue weighted by Crippen LogP contribution is 2.37. The van der Waals surface area contributed by atoms with Crippen molar-refractivity contribution in [3.05, 3.63) is 44.2 Å². The Morgan fingerprint density at radius 2 is 1.95 bits per heavy atom. The van der Waals surface area contributed by atoms with E-state index >= 15 is 0 Å². The summed E-state index contributed by atoms with van der Waals surface area (Å²) < 4.78 is 5.41. The van der Waals surface area contributed by atoms with Crippen LogP contribution in [0.4, 0.5) is 11.5 Å². The van der Waals surface area contributed by atoms with Crippen LogP contribution < -0.4 is 10.5 Å². The van der Waals surface area contributed by atoms with Gasteiger partial charge in [-0.15, -0.1) is 0 Å². The molecule has 0 atom stereocenters. The molecule has 0 radical (unpaired) electrons. The Labute approximate surface area is 129 Å². The van der Waals surface area contributed by atoms with Crippen LogP contribution in [0, 0.1) is 10.1 Å².